The van der Waals surface area contributed by atoms with Gasteiger partial charge in [-0.25, -0.2) is 0 Å². The standard InChI is InChI=1S/C6H6O.C4H4S.H4N2/c7-6-4-2-1-3-5-6;1-2-4-5-3-1;1-2/h1-5,7H;1-4H;1-2H2. The van der Waals surface area contributed by atoms with Gasteiger partial charge in [-0.05, 0) is 22.9 Å². The van der Waals surface area contributed by atoms with E-state index >= 15 is 0 Å². The van der Waals surface area contributed by atoms with Gasteiger partial charge < -0.3 is 5.11 Å². The van der Waals surface area contributed by atoms with Crippen LogP contribution in [-0.2, 0) is 0 Å². The minimum Gasteiger partial charge on any atom is -0.508 e. The molecule has 0 unspecified atom stereocenters. The first-order valence-electron chi connectivity index (χ1n) is 3.94. The second kappa shape index (κ2) is 9.73. The number of hydrazine groups is 1. The molecule has 1 heterocycles. The summed E-state index contributed by atoms with van der Waals surface area (Å²) in [6.45, 7) is 0. The molecule has 3 nitrogen and oxygen atoms in total. The molecule has 0 amide bonds. The number of phenolic OH excluding ortho intramolecular Hbond substituents is 1. The number of nitrogens with two attached hydrogens (primary N) is 2. The lowest BCUT2D eigenvalue weighted by Gasteiger charge is -1.82. The van der Waals surface area contributed by atoms with Gasteiger partial charge in [0.05, 0.1) is 0 Å². The third kappa shape index (κ3) is 7.30. The SMILES string of the molecule is NN.Oc1ccccc1.c1ccsc1. The fourth-order valence-corrected chi connectivity index (χ4v) is 1.11. The van der Waals surface area contributed by atoms with Gasteiger partial charge in [0.1, 0.15) is 5.75 Å². The molecule has 0 bridgehead atoms. The minimum atomic E-state index is 0.322. The quantitative estimate of drug-likeness (QED) is 0.460. The van der Waals surface area contributed by atoms with Crippen molar-refractivity contribution in [1.82, 2.24) is 0 Å². The summed E-state index contributed by atoms with van der Waals surface area (Å²) in [5, 5.41) is 12.7. The Morgan fingerprint density at radius 2 is 1.36 bits per heavy atom. The van der Waals surface area contributed by atoms with E-state index in [9.17, 15) is 0 Å². The zero-order valence-corrected chi connectivity index (χ0v) is 8.52. The monoisotopic (exact) mass is 210 g/mol. The molecule has 0 aliphatic heterocycles. The Hall–Kier alpha value is -1.36. The highest BCUT2D eigenvalue weighted by molar-refractivity contribution is 7.07. The zero-order chi connectivity index (χ0) is 10.6. The van der Waals surface area contributed by atoms with Gasteiger partial charge in [-0.1, -0.05) is 30.3 Å². The molecule has 0 spiro atoms. The van der Waals surface area contributed by atoms with Crippen molar-refractivity contribution < 1.29 is 5.11 Å². The number of aromatic hydroxyl groups is 1. The molecule has 0 aliphatic rings. The summed E-state index contributed by atoms with van der Waals surface area (Å²) >= 11 is 1.71. The van der Waals surface area contributed by atoms with Crippen LogP contribution in [0.3, 0.4) is 0 Å². The lowest BCUT2D eigenvalue weighted by atomic mass is 10.3. The molecule has 76 valence electrons. The second-order valence-electron chi connectivity index (χ2n) is 2.13. The summed E-state index contributed by atoms with van der Waals surface area (Å²) in [5.41, 5.74) is 0. The summed E-state index contributed by atoms with van der Waals surface area (Å²) < 4.78 is 0. The van der Waals surface area contributed by atoms with Gasteiger partial charge >= 0.3 is 0 Å². The first kappa shape index (κ1) is 12.6. The maximum Gasteiger partial charge on any atom is 0.115 e. The lowest BCUT2D eigenvalue weighted by molar-refractivity contribution is 0.475. The van der Waals surface area contributed by atoms with Crippen LogP contribution in [0.5, 0.6) is 5.75 Å². The fourth-order valence-electron chi connectivity index (χ4n) is 0.655. The number of rotatable bonds is 0. The van der Waals surface area contributed by atoms with Gasteiger partial charge in [0.25, 0.3) is 0 Å². The van der Waals surface area contributed by atoms with Crippen molar-refractivity contribution in [3.8, 4) is 5.75 Å². The van der Waals surface area contributed by atoms with Crippen molar-refractivity contribution in [3.63, 3.8) is 0 Å². The van der Waals surface area contributed by atoms with E-state index in [1.165, 1.54) is 0 Å². The van der Waals surface area contributed by atoms with E-state index in [4.69, 9.17) is 5.11 Å². The molecule has 4 heteroatoms. The summed E-state index contributed by atoms with van der Waals surface area (Å²) in [7, 11) is 0. The third-order valence-corrected chi connectivity index (χ3v) is 1.81. The molecule has 1 aromatic carbocycles. The van der Waals surface area contributed by atoms with E-state index in [1.807, 2.05) is 29.0 Å². The lowest BCUT2D eigenvalue weighted by Crippen LogP contribution is -2.02. The summed E-state index contributed by atoms with van der Waals surface area (Å²) in [6, 6.07) is 12.7. The number of hydrogen-bond donors (Lipinski definition) is 3. The van der Waals surface area contributed by atoms with E-state index in [1.54, 1.807) is 35.6 Å². The molecular weight excluding hydrogens is 196 g/mol. The van der Waals surface area contributed by atoms with Crippen LogP contribution < -0.4 is 11.7 Å². The van der Waals surface area contributed by atoms with Crippen molar-refractivity contribution in [1.29, 1.82) is 0 Å². The summed E-state index contributed by atoms with van der Waals surface area (Å²) in [6.07, 6.45) is 0. The molecule has 0 saturated carbocycles. The van der Waals surface area contributed by atoms with Crippen LogP contribution in [0.25, 0.3) is 0 Å². The highest BCUT2D eigenvalue weighted by atomic mass is 32.1. The summed E-state index contributed by atoms with van der Waals surface area (Å²) in [5.74, 6) is 8.32. The van der Waals surface area contributed by atoms with Crippen LogP contribution in [-0.4, -0.2) is 5.11 Å². The van der Waals surface area contributed by atoms with Crippen molar-refractivity contribution in [2.24, 2.45) is 11.7 Å². The molecule has 0 fully saturated rings. The van der Waals surface area contributed by atoms with E-state index in [2.05, 4.69) is 11.7 Å². The minimum absolute atomic E-state index is 0.322. The molecule has 14 heavy (non-hydrogen) atoms. The number of benzene rings is 1. The molecular formula is C10H14N2OS. The van der Waals surface area contributed by atoms with E-state index < -0.39 is 0 Å². The van der Waals surface area contributed by atoms with E-state index in [-0.39, 0.29) is 0 Å². The van der Waals surface area contributed by atoms with Crippen molar-refractivity contribution in [2.45, 2.75) is 0 Å². The fraction of sp³-hybridized carbons (Fsp3) is 0. The maximum absolute atomic E-state index is 8.63. The van der Waals surface area contributed by atoms with E-state index in [0.717, 1.165) is 0 Å². The zero-order valence-electron chi connectivity index (χ0n) is 7.71. The second-order valence-corrected chi connectivity index (χ2v) is 2.95. The predicted octanol–water partition coefficient (Wildman–Crippen LogP) is 1.96. The molecule has 2 rings (SSSR count). The number of hydrogen-bond acceptors (Lipinski definition) is 4. The number of thiophene rings is 1. The van der Waals surface area contributed by atoms with Gasteiger partial charge in [0.15, 0.2) is 0 Å². The Morgan fingerprint density at radius 3 is 1.57 bits per heavy atom. The molecule has 2 aromatic rings. The largest absolute Gasteiger partial charge is 0.508 e. The molecule has 5 N–H and O–H groups in total. The van der Waals surface area contributed by atoms with Gasteiger partial charge in [-0.3, -0.25) is 11.7 Å². The first-order valence-corrected chi connectivity index (χ1v) is 4.88. The van der Waals surface area contributed by atoms with Gasteiger partial charge in [0, 0.05) is 0 Å². The summed E-state index contributed by atoms with van der Waals surface area (Å²) in [4.78, 5) is 0. The Morgan fingerprint density at radius 1 is 0.857 bits per heavy atom. The van der Waals surface area contributed by atoms with E-state index in [0.29, 0.717) is 5.75 Å². The Labute approximate surface area is 87.6 Å². The van der Waals surface area contributed by atoms with Crippen molar-refractivity contribution >= 4 is 11.3 Å². The molecule has 0 radical (unpaired) electrons. The Balaban J connectivity index is 0.000000213. The average molecular weight is 210 g/mol. The highest BCUT2D eigenvalue weighted by Gasteiger charge is 1.74. The normalized spacial score (nSPS) is 7.57. The maximum atomic E-state index is 8.63. The smallest absolute Gasteiger partial charge is 0.115 e. The van der Waals surface area contributed by atoms with Crippen LogP contribution in [0.2, 0.25) is 0 Å². The van der Waals surface area contributed by atoms with Gasteiger partial charge in [0.2, 0.25) is 0 Å². The van der Waals surface area contributed by atoms with Crippen LogP contribution >= 0.6 is 11.3 Å². The molecule has 0 aliphatic carbocycles. The van der Waals surface area contributed by atoms with Crippen molar-refractivity contribution in [3.05, 3.63) is 53.2 Å². The molecule has 0 saturated heterocycles. The Bertz CT molecular complexity index is 267. The number of para-hydroxylation sites is 1. The van der Waals surface area contributed by atoms with Crippen LogP contribution in [0, 0.1) is 0 Å². The Kier molecular flexibility index (Phi) is 8.78. The third-order valence-electron chi connectivity index (χ3n) is 1.18. The topological polar surface area (TPSA) is 72.3 Å². The van der Waals surface area contributed by atoms with Gasteiger partial charge in [-0.15, -0.1) is 0 Å². The first-order chi connectivity index (χ1) is 6.89. The molecule has 1 aromatic heterocycles. The highest BCUT2D eigenvalue weighted by Crippen LogP contribution is 2.02. The van der Waals surface area contributed by atoms with Crippen LogP contribution in [0.1, 0.15) is 0 Å². The predicted molar refractivity (Wildman–Crippen MR) is 60.8 cm³/mol. The number of phenols is 1. The van der Waals surface area contributed by atoms with Gasteiger partial charge in [-0.2, -0.15) is 11.3 Å². The van der Waals surface area contributed by atoms with Crippen molar-refractivity contribution in [2.75, 3.05) is 0 Å². The van der Waals surface area contributed by atoms with Crippen LogP contribution in [0.15, 0.2) is 53.2 Å². The average Bonchev–Trinajstić information content (AvgIpc) is 2.80. The van der Waals surface area contributed by atoms with Crippen LogP contribution in [0.4, 0.5) is 0 Å². The molecule has 0 atom stereocenters.